The molecule has 2 fully saturated rings. The zero-order valence-corrected chi connectivity index (χ0v) is 14.4. The lowest BCUT2D eigenvalue weighted by Gasteiger charge is -2.39. The highest BCUT2D eigenvalue weighted by Gasteiger charge is 2.47. The molecule has 1 unspecified atom stereocenters. The van der Waals surface area contributed by atoms with Gasteiger partial charge in [-0.25, -0.2) is 0 Å². The molecular weight excluding hydrogens is 304 g/mol. The molecule has 1 aromatic carbocycles. The largest absolute Gasteiger partial charge is 0.508 e. The predicted octanol–water partition coefficient (Wildman–Crippen LogP) is 2.54. The van der Waals surface area contributed by atoms with Crippen LogP contribution in [-0.4, -0.2) is 58.2 Å². The Labute approximate surface area is 143 Å². The number of nitrogens with zero attached hydrogens (tertiary/aromatic N) is 2. The molecule has 0 saturated carbocycles. The van der Waals surface area contributed by atoms with Crippen LogP contribution in [0.4, 0.5) is 0 Å². The number of piperidine rings is 1. The Morgan fingerprint density at radius 2 is 2.08 bits per heavy atom. The molecule has 5 nitrogen and oxygen atoms in total. The minimum atomic E-state index is -0.664. The fourth-order valence-corrected chi connectivity index (χ4v) is 4.37. The van der Waals surface area contributed by atoms with Gasteiger partial charge in [-0.2, -0.15) is 0 Å². The van der Waals surface area contributed by atoms with Crippen molar-refractivity contribution < 1.29 is 15.0 Å². The summed E-state index contributed by atoms with van der Waals surface area (Å²) < 4.78 is 0. The lowest BCUT2D eigenvalue weighted by molar-refractivity contribution is -0.142. The maximum absolute atomic E-state index is 11.6. The minimum Gasteiger partial charge on any atom is -0.508 e. The van der Waals surface area contributed by atoms with Crippen molar-refractivity contribution in [3.8, 4) is 5.75 Å². The zero-order chi connectivity index (χ0) is 17.2. The standard InChI is InChI=1S/C19H28N2O3/c1-2-8-21-14-19(12-17(21)18(23)24)6-9-20(10-7-19)13-15-4-3-5-16(22)11-15/h3-5,11,17,22H,2,6-10,12-14H2,1H3,(H,23,24). The van der Waals surface area contributed by atoms with Gasteiger partial charge in [-0.15, -0.1) is 0 Å². The molecule has 1 spiro atoms. The number of phenols is 1. The molecule has 0 radical (unpaired) electrons. The first-order chi connectivity index (χ1) is 11.5. The van der Waals surface area contributed by atoms with Crippen LogP contribution in [0.1, 0.15) is 38.2 Å². The topological polar surface area (TPSA) is 64.0 Å². The highest BCUT2D eigenvalue weighted by molar-refractivity contribution is 5.74. The summed E-state index contributed by atoms with van der Waals surface area (Å²) in [6.07, 6.45) is 3.93. The lowest BCUT2D eigenvalue weighted by Crippen LogP contribution is -2.41. The Bertz CT molecular complexity index is 582. The summed E-state index contributed by atoms with van der Waals surface area (Å²) in [5.74, 6) is -0.348. The van der Waals surface area contributed by atoms with Crippen LogP contribution >= 0.6 is 0 Å². The molecule has 0 amide bonds. The summed E-state index contributed by atoms with van der Waals surface area (Å²) in [4.78, 5) is 16.2. The van der Waals surface area contributed by atoms with Crippen molar-refractivity contribution >= 4 is 5.97 Å². The van der Waals surface area contributed by atoms with E-state index in [0.717, 1.165) is 64.0 Å². The number of carbonyl (C=O) groups is 1. The van der Waals surface area contributed by atoms with E-state index in [2.05, 4.69) is 16.7 Å². The summed E-state index contributed by atoms with van der Waals surface area (Å²) in [5.41, 5.74) is 1.31. The Morgan fingerprint density at radius 1 is 1.33 bits per heavy atom. The first kappa shape index (κ1) is 17.2. The van der Waals surface area contributed by atoms with Crippen LogP contribution in [0.15, 0.2) is 24.3 Å². The van der Waals surface area contributed by atoms with E-state index in [-0.39, 0.29) is 11.5 Å². The molecule has 2 aliphatic rings. The van der Waals surface area contributed by atoms with Crippen molar-refractivity contribution in [2.75, 3.05) is 26.2 Å². The molecule has 132 valence electrons. The van der Waals surface area contributed by atoms with Gasteiger partial charge in [0.25, 0.3) is 0 Å². The molecular formula is C19H28N2O3. The number of aromatic hydroxyl groups is 1. The van der Waals surface area contributed by atoms with E-state index < -0.39 is 5.97 Å². The van der Waals surface area contributed by atoms with E-state index in [4.69, 9.17) is 0 Å². The summed E-state index contributed by atoms with van der Waals surface area (Å²) in [6, 6.07) is 7.14. The lowest BCUT2D eigenvalue weighted by atomic mass is 9.76. The van der Waals surface area contributed by atoms with E-state index in [9.17, 15) is 15.0 Å². The molecule has 24 heavy (non-hydrogen) atoms. The highest BCUT2D eigenvalue weighted by atomic mass is 16.4. The van der Waals surface area contributed by atoms with E-state index in [1.165, 1.54) is 0 Å². The van der Waals surface area contributed by atoms with Gasteiger partial charge in [-0.1, -0.05) is 19.1 Å². The first-order valence-corrected chi connectivity index (χ1v) is 8.98. The van der Waals surface area contributed by atoms with Crippen molar-refractivity contribution in [1.29, 1.82) is 0 Å². The third-order valence-electron chi connectivity index (χ3n) is 5.63. The van der Waals surface area contributed by atoms with Crippen molar-refractivity contribution in [2.24, 2.45) is 5.41 Å². The van der Waals surface area contributed by atoms with Gasteiger partial charge in [0.05, 0.1) is 0 Å². The molecule has 1 aromatic rings. The summed E-state index contributed by atoms with van der Waals surface area (Å²) >= 11 is 0. The molecule has 1 atom stereocenters. The smallest absolute Gasteiger partial charge is 0.320 e. The third-order valence-corrected chi connectivity index (χ3v) is 5.63. The van der Waals surface area contributed by atoms with Crippen LogP contribution in [0.2, 0.25) is 0 Å². The van der Waals surface area contributed by atoms with Gasteiger partial charge in [0.15, 0.2) is 0 Å². The minimum absolute atomic E-state index is 0.174. The monoisotopic (exact) mass is 332 g/mol. The molecule has 0 aliphatic carbocycles. The molecule has 0 bridgehead atoms. The quantitative estimate of drug-likeness (QED) is 0.867. The van der Waals surface area contributed by atoms with E-state index in [1.807, 2.05) is 18.2 Å². The summed E-state index contributed by atoms with van der Waals surface area (Å²) in [7, 11) is 0. The zero-order valence-electron chi connectivity index (χ0n) is 14.4. The van der Waals surface area contributed by atoms with Crippen molar-refractivity contribution in [3.63, 3.8) is 0 Å². The van der Waals surface area contributed by atoms with Crippen LogP contribution in [0.3, 0.4) is 0 Å². The van der Waals surface area contributed by atoms with Gasteiger partial charge >= 0.3 is 5.97 Å². The number of carboxylic acids is 1. The maximum Gasteiger partial charge on any atom is 0.320 e. The van der Waals surface area contributed by atoms with Gasteiger partial charge in [-0.3, -0.25) is 14.6 Å². The van der Waals surface area contributed by atoms with Crippen molar-refractivity contribution in [1.82, 2.24) is 9.80 Å². The normalized spacial score (nSPS) is 24.5. The molecule has 2 N–H and O–H groups in total. The van der Waals surface area contributed by atoms with Gasteiger partial charge in [0.1, 0.15) is 11.8 Å². The third kappa shape index (κ3) is 3.73. The average Bonchev–Trinajstić information content (AvgIpc) is 2.89. The van der Waals surface area contributed by atoms with Crippen LogP contribution in [0.5, 0.6) is 5.75 Å². The second kappa shape index (κ2) is 7.11. The Kier molecular flexibility index (Phi) is 5.11. The fourth-order valence-electron chi connectivity index (χ4n) is 4.37. The number of rotatable bonds is 5. The summed E-state index contributed by atoms with van der Waals surface area (Å²) in [6.45, 7) is 6.78. The number of phenolic OH excluding ortho intramolecular Hbond substituents is 1. The fraction of sp³-hybridized carbons (Fsp3) is 0.632. The highest BCUT2D eigenvalue weighted by Crippen LogP contribution is 2.43. The van der Waals surface area contributed by atoms with Crippen LogP contribution in [0.25, 0.3) is 0 Å². The molecule has 2 aliphatic heterocycles. The molecule has 0 aromatic heterocycles. The van der Waals surface area contributed by atoms with Crippen LogP contribution in [0, 0.1) is 5.41 Å². The Balaban J connectivity index is 1.59. The van der Waals surface area contributed by atoms with Crippen LogP contribution < -0.4 is 0 Å². The second-order valence-corrected chi connectivity index (χ2v) is 7.47. The predicted molar refractivity (Wildman–Crippen MR) is 93.0 cm³/mol. The van der Waals surface area contributed by atoms with Crippen molar-refractivity contribution in [3.05, 3.63) is 29.8 Å². The number of hydrogen-bond donors (Lipinski definition) is 2. The Hall–Kier alpha value is -1.59. The number of aliphatic carboxylic acids is 1. The van der Waals surface area contributed by atoms with Crippen LogP contribution in [-0.2, 0) is 11.3 Å². The average molecular weight is 332 g/mol. The molecule has 2 heterocycles. The number of hydrogen-bond acceptors (Lipinski definition) is 4. The van der Waals surface area contributed by atoms with E-state index in [0.29, 0.717) is 5.75 Å². The maximum atomic E-state index is 11.6. The number of benzene rings is 1. The molecule has 2 saturated heterocycles. The summed E-state index contributed by atoms with van der Waals surface area (Å²) in [5, 5.41) is 19.1. The molecule has 5 heteroatoms. The first-order valence-electron chi connectivity index (χ1n) is 8.98. The number of carboxylic acid groups (broad SMARTS) is 1. The van der Waals surface area contributed by atoms with Gasteiger partial charge < -0.3 is 10.2 Å². The second-order valence-electron chi connectivity index (χ2n) is 7.47. The van der Waals surface area contributed by atoms with Gasteiger partial charge in [-0.05, 0) is 68.4 Å². The SMILES string of the molecule is CCCN1CC2(CCN(Cc3cccc(O)c3)CC2)CC1C(=O)O. The molecule has 3 rings (SSSR count). The van der Waals surface area contributed by atoms with Gasteiger partial charge in [0.2, 0.25) is 0 Å². The van der Waals surface area contributed by atoms with E-state index in [1.54, 1.807) is 6.07 Å². The Morgan fingerprint density at radius 3 is 2.71 bits per heavy atom. The number of likely N-dealkylation sites (tertiary alicyclic amines) is 2. The van der Waals surface area contributed by atoms with Crippen molar-refractivity contribution in [2.45, 2.75) is 45.2 Å². The van der Waals surface area contributed by atoms with E-state index >= 15 is 0 Å². The van der Waals surface area contributed by atoms with Gasteiger partial charge in [0, 0.05) is 13.1 Å².